The van der Waals surface area contributed by atoms with Gasteiger partial charge in [-0.1, -0.05) is 42.8 Å². The van der Waals surface area contributed by atoms with Crippen molar-refractivity contribution < 1.29 is 0 Å². The zero-order valence-corrected chi connectivity index (χ0v) is 9.93. The van der Waals surface area contributed by atoms with Crippen LogP contribution in [0.2, 0.25) is 0 Å². The molecule has 0 bridgehead atoms. The Labute approximate surface area is 96.1 Å². The third-order valence-electron chi connectivity index (χ3n) is 3.21. The van der Waals surface area contributed by atoms with Gasteiger partial charge in [0.25, 0.3) is 0 Å². The SMILES string of the molecule is CCC1(C)Cc2ccccc2C(=CCl)N1. The zero-order chi connectivity index (χ0) is 10.9. The molecule has 2 heteroatoms. The van der Waals surface area contributed by atoms with E-state index in [-0.39, 0.29) is 5.54 Å². The van der Waals surface area contributed by atoms with Gasteiger partial charge in [0.1, 0.15) is 0 Å². The van der Waals surface area contributed by atoms with Gasteiger partial charge in [0.15, 0.2) is 0 Å². The fourth-order valence-electron chi connectivity index (χ4n) is 2.09. The van der Waals surface area contributed by atoms with E-state index in [2.05, 4.69) is 43.4 Å². The first-order valence-electron chi connectivity index (χ1n) is 5.35. The highest BCUT2D eigenvalue weighted by molar-refractivity contribution is 6.28. The lowest BCUT2D eigenvalue weighted by molar-refractivity contribution is 0.382. The van der Waals surface area contributed by atoms with E-state index in [1.807, 2.05) is 0 Å². The summed E-state index contributed by atoms with van der Waals surface area (Å²) in [4.78, 5) is 0. The van der Waals surface area contributed by atoms with Crippen LogP contribution in [0.3, 0.4) is 0 Å². The van der Waals surface area contributed by atoms with Crippen molar-refractivity contribution >= 4 is 17.3 Å². The van der Waals surface area contributed by atoms with Crippen molar-refractivity contribution in [3.8, 4) is 0 Å². The molecule has 0 aliphatic carbocycles. The monoisotopic (exact) mass is 221 g/mol. The molecule has 0 aromatic heterocycles. The molecule has 1 unspecified atom stereocenters. The van der Waals surface area contributed by atoms with Gasteiger partial charge in [-0.3, -0.25) is 0 Å². The maximum atomic E-state index is 5.87. The summed E-state index contributed by atoms with van der Waals surface area (Å²) >= 11 is 5.87. The summed E-state index contributed by atoms with van der Waals surface area (Å²) in [5, 5.41) is 3.51. The highest BCUT2D eigenvalue weighted by Crippen LogP contribution is 2.31. The van der Waals surface area contributed by atoms with Crippen molar-refractivity contribution in [2.45, 2.75) is 32.2 Å². The molecule has 1 heterocycles. The smallest absolute Gasteiger partial charge is 0.0535 e. The minimum atomic E-state index is 0.134. The van der Waals surface area contributed by atoms with Crippen LogP contribution < -0.4 is 5.32 Å². The largest absolute Gasteiger partial charge is 0.378 e. The molecular weight excluding hydrogens is 206 g/mol. The number of benzene rings is 1. The molecule has 0 spiro atoms. The van der Waals surface area contributed by atoms with Crippen molar-refractivity contribution in [3.05, 3.63) is 40.9 Å². The normalized spacial score (nSPS) is 27.3. The van der Waals surface area contributed by atoms with Crippen LogP contribution in [0.15, 0.2) is 29.8 Å². The van der Waals surface area contributed by atoms with E-state index in [9.17, 15) is 0 Å². The number of nitrogens with one attached hydrogen (secondary N) is 1. The first kappa shape index (κ1) is 10.6. The fraction of sp³-hybridized carbons (Fsp3) is 0.385. The molecule has 15 heavy (non-hydrogen) atoms. The number of halogens is 1. The van der Waals surface area contributed by atoms with Crippen LogP contribution in [0.4, 0.5) is 0 Å². The highest BCUT2D eigenvalue weighted by atomic mass is 35.5. The molecule has 1 aliphatic rings. The molecule has 1 aromatic carbocycles. The third-order valence-corrected chi connectivity index (χ3v) is 3.43. The maximum absolute atomic E-state index is 5.87. The van der Waals surface area contributed by atoms with Gasteiger partial charge >= 0.3 is 0 Å². The van der Waals surface area contributed by atoms with Gasteiger partial charge in [-0.05, 0) is 25.3 Å². The van der Waals surface area contributed by atoms with Crippen molar-refractivity contribution in [1.82, 2.24) is 5.32 Å². The molecule has 0 saturated heterocycles. The molecule has 1 N–H and O–H groups in total. The van der Waals surface area contributed by atoms with Gasteiger partial charge in [0, 0.05) is 16.6 Å². The van der Waals surface area contributed by atoms with E-state index < -0.39 is 0 Å². The Hall–Kier alpha value is -0.950. The highest BCUT2D eigenvalue weighted by Gasteiger charge is 2.29. The number of rotatable bonds is 1. The predicted octanol–water partition coefficient (Wildman–Crippen LogP) is 3.54. The van der Waals surface area contributed by atoms with Crippen LogP contribution in [0.25, 0.3) is 5.70 Å². The Bertz CT molecular complexity index is 397. The van der Waals surface area contributed by atoms with Gasteiger partial charge in [0.05, 0.1) is 5.70 Å². The van der Waals surface area contributed by atoms with E-state index in [1.54, 1.807) is 5.54 Å². The van der Waals surface area contributed by atoms with Crippen molar-refractivity contribution in [2.24, 2.45) is 0 Å². The summed E-state index contributed by atoms with van der Waals surface area (Å²) in [6.07, 6.45) is 2.16. The Kier molecular flexibility index (Phi) is 2.74. The van der Waals surface area contributed by atoms with Crippen LogP contribution in [0, 0.1) is 0 Å². The Morgan fingerprint density at radius 2 is 2.20 bits per heavy atom. The molecule has 1 atom stereocenters. The predicted molar refractivity (Wildman–Crippen MR) is 65.8 cm³/mol. The van der Waals surface area contributed by atoms with Gasteiger partial charge in [0.2, 0.25) is 0 Å². The van der Waals surface area contributed by atoms with E-state index in [4.69, 9.17) is 11.6 Å². The molecule has 1 nitrogen and oxygen atoms in total. The topological polar surface area (TPSA) is 12.0 Å². The molecule has 2 rings (SSSR count). The van der Waals surface area contributed by atoms with E-state index in [0.717, 1.165) is 18.5 Å². The number of hydrogen-bond donors (Lipinski definition) is 1. The van der Waals surface area contributed by atoms with Crippen LogP contribution >= 0.6 is 11.6 Å². The summed E-state index contributed by atoms with van der Waals surface area (Å²) in [6, 6.07) is 8.44. The molecule has 1 aliphatic heterocycles. The minimum Gasteiger partial charge on any atom is -0.378 e. The first-order chi connectivity index (χ1) is 7.18. The first-order valence-corrected chi connectivity index (χ1v) is 5.79. The number of fused-ring (bicyclic) bond motifs is 1. The van der Waals surface area contributed by atoms with Gasteiger partial charge in [-0.2, -0.15) is 0 Å². The number of hydrogen-bond acceptors (Lipinski definition) is 1. The Morgan fingerprint density at radius 3 is 2.87 bits per heavy atom. The lowest BCUT2D eigenvalue weighted by Crippen LogP contribution is -2.45. The second-order valence-electron chi connectivity index (χ2n) is 4.40. The van der Waals surface area contributed by atoms with Gasteiger partial charge in [-0.15, -0.1) is 0 Å². The summed E-state index contributed by atoms with van der Waals surface area (Å²) in [7, 11) is 0. The van der Waals surface area contributed by atoms with Crippen molar-refractivity contribution in [2.75, 3.05) is 0 Å². The van der Waals surface area contributed by atoms with E-state index >= 15 is 0 Å². The average Bonchev–Trinajstić information content (AvgIpc) is 2.28. The molecule has 0 radical (unpaired) electrons. The van der Waals surface area contributed by atoms with Gasteiger partial charge < -0.3 is 5.32 Å². The van der Waals surface area contributed by atoms with Crippen LogP contribution in [0.5, 0.6) is 0 Å². The molecule has 0 saturated carbocycles. The van der Waals surface area contributed by atoms with Crippen molar-refractivity contribution in [3.63, 3.8) is 0 Å². The molecule has 1 aromatic rings. The molecule has 0 fully saturated rings. The lowest BCUT2D eigenvalue weighted by atomic mass is 9.83. The summed E-state index contributed by atoms with van der Waals surface area (Å²) < 4.78 is 0. The van der Waals surface area contributed by atoms with E-state index in [1.165, 1.54) is 11.1 Å². The minimum absolute atomic E-state index is 0.134. The summed E-state index contributed by atoms with van der Waals surface area (Å²) in [5.74, 6) is 0. The second kappa shape index (κ2) is 3.90. The maximum Gasteiger partial charge on any atom is 0.0535 e. The van der Waals surface area contributed by atoms with Crippen LogP contribution in [-0.2, 0) is 6.42 Å². The summed E-state index contributed by atoms with van der Waals surface area (Å²) in [6.45, 7) is 4.44. The fourth-order valence-corrected chi connectivity index (χ4v) is 2.27. The Morgan fingerprint density at radius 1 is 1.47 bits per heavy atom. The Balaban J connectivity index is 2.48. The zero-order valence-electron chi connectivity index (χ0n) is 9.18. The molecular formula is C13H16ClN. The van der Waals surface area contributed by atoms with Crippen molar-refractivity contribution in [1.29, 1.82) is 0 Å². The van der Waals surface area contributed by atoms with E-state index in [0.29, 0.717) is 0 Å². The average molecular weight is 222 g/mol. The molecule has 0 amide bonds. The summed E-state index contributed by atoms with van der Waals surface area (Å²) in [5.41, 5.74) is 5.44. The van der Waals surface area contributed by atoms with Crippen LogP contribution in [-0.4, -0.2) is 5.54 Å². The lowest BCUT2D eigenvalue weighted by Gasteiger charge is -2.37. The standard InChI is InChI=1S/C13H16ClN/c1-3-13(2)8-10-6-4-5-7-11(10)12(9-14)15-13/h4-7,9,15H,3,8H2,1-2H3. The third kappa shape index (κ3) is 1.89. The van der Waals surface area contributed by atoms with Gasteiger partial charge in [-0.25, -0.2) is 0 Å². The quantitative estimate of drug-likeness (QED) is 0.765. The van der Waals surface area contributed by atoms with Crippen LogP contribution in [0.1, 0.15) is 31.4 Å². The second-order valence-corrected chi connectivity index (χ2v) is 4.61. The molecule has 80 valence electrons.